The molecule has 156 valence electrons. The molecule has 29 heavy (non-hydrogen) atoms. The molecule has 0 fully saturated rings. The van der Waals surface area contributed by atoms with Crippen molar-refractivity contribution >= 4 is 23.6 Å². The van der Waals surface area contributed by atoms with Gasteiger partial charge in [-0.2, -0.15) is 0 Å². The predicted octanol–water partition coefficient (Wildman–Crippen LogP) is 2.94. The van der Waals surface area contributed by atoms with E-state index in [0.29, 0.717) is 11.3 Å². The predicted molar refractivity (Wildman–Crippen MR) is 103 cm³/mol. The van der Waals surface area contributed by atoms with Gasteiger partial charge in [0, 0.05) is 18.6 Å². The molecule has 7 nitrogen and oxygen atoms in total. The van der Waals surface area contributed by atoms with Crippen LogP contribution in [-0.4, -0.2) is 43.4 Å². The normalized spacial score (nSPS) is 18.7. The quantitative estimate of drug-likeness (QED) is 0.512. The first-order valence-corrected chi connectivity index (χ1v) is 9.30. The maximum atomic E-state index is 14.0. The largest absolute Gasteiger partial charge is 0.465 e. The molecule has 1 aromatic carbocycles. The maximum absolute atomic E-state index is 14.0. The molecule has 8 heteroatoms. The molecule has 0 saturated heterocycles. The molecule has 1 aliphatic rings. The van der Waals surface area contributed by atoms with Crippen molar-refractivity contribution in [2.75, 3.05) is 19.8 Å². The summed E-state index contributed by atoms with van der Waals surface area (Å²) in [7, 11) is 0. The summed E-state index contributed by atoms with van der Waals surface area (Å²) in [6, 6.07) is 5.61. The second-order valence-corrected chi connectivity index (χ2v) is 6.38. The molecule has 0 saturated carbocycles. The average Bonchev–Trinajstić information content (AvgIpc) is 2.65. The molecule has 0 bridgehead atoms. The van der Waals surface area contributed by atoms with E-state index in [1.807, 2.05) is 0 Å². The minimum atomic E-state index is -0.947. The van der Waals surface area contributed by atoms with Crippen LogP contribution in [-0.2, 0) is 28.6 Å². The third-order valence-electron chi connectivity index (χ3n) is 4.37. The zero-order chi connectivity index (χ0) is 21.6. The summed E-state index contributed by atoms with van der Waals surface area (Å²) in [4.78, 5) is 41.2. The van der Waals surface area contributed by atoms with E-state index in [9.17, 15) is 18.8 Å². The van der Waals surface area contributed by atoms with E-state index in [4.69, 9.17) is 14.2 Å². The summed E-state index contributed by atoms with van der Waals surface area (Å²) < 4.78 is 29.4. The van der Waals surface area contributed by atoms with Crippen LogP contribution in [0.15, 0.2) is 40.5 Å². The standard InChI is InChI=1S/C21H24FNO6/c1-5-27-20(25)17-12(3)23-16(11-29-13(4)24)19(21(26)28-6-2)18(17)14-8-7-9-15(22)10-14/h7-10,17-18H,5-6,11H2,1-4H3. The van der Waals surface area contributed by atoms with Gasteiger partial charge in [-0.3, -0.25) is 14.6 Å². The summed E-state index contributed by atoms with van der Waals surface area (Å²) in [6.07, 6.45) is 0. The third kappa shape index (κ3) is 5.28. The van der Waals surface area contributed by atoms with Gasteiger partial charge in [-0.05, 0) is 38.5 Å². The second-order valence-electron chi connectivity index (χ2n) is 6.38. The first kappa shape index (κ1) is 22.3. The molecule has 1 aliphatic heterocycles. The van der Waals surface area contributed by atoms with E-state index in [2.05, 4.69) is 4.99 Å². The first-order chi connectivity index (χ1) is 13.8. The van der Waals surface area contributed by atoms with Gasteiger partial charge in [0.25, 0.3) is 0 Å². The van der Waals surface area contributed by atoms with Crippen molar-refractivity contribution in [1.29, 1.82) is 0 Å². The van der Waals surface area contributed by atoms with Crippen LogP contribution >= 0.6 is 0 Å². The molecular formula is C21H24FNO6. The summed E-state index contributed by atoms with van der Waals surface area (Å²) in [6.45, 7) is 6.10. The Hall–Kier alpha value is -3.03. The number of hydrogen-bond donors (Lipinski definition) is 0. The van der Waals surface area contributed by atoms with E-state index in [1.54, 1.807) is 26.8 Å². The number of hydrogen-bond acceptors (Lipinski definition) is 7. The van der Waals surface area contributed by atoms with Crippen LogP contribution in [0.4, 0.5) is 4.39 Å². The fourth-order valence-electron chi connectivity index (χ4n) is 3.26. The Labute approximate surface area is 168 Å². The first-order valence-electron chi connectivity index (χ1n) is 9.30. The van der Waals surface area contributed by atoms with E-state index >= 15 is 0 Å². The average molecular weight is 405 g/mol. The number of halogens is 1. The van der Waals surface area contributed by atoms with Crippen molar-refractivity contribution in [2.24, 2.45) is 10.9 Å². The lowest BCUT2D eigenvalue weighted by Gasteiger charge is -2.32. The maximum Gasteiger partial charge on any atom is 0.336 e. The zero-order valence-electron chi connectivity index (χ0n) is 16.9. The van der Waals surface area contributed by atoms with Gasteiger partial charge in [0.2, 0.25) is 0 Å². The van der Waals surface area contributed by atoms with Crippen molar-refractivity contribution in [3.8, 4) is 0 Å². The number of esters is 3. The second kappa shape index (κ2) is 9.95. The highest BCUT2D eigenvalue weighted by Gasteiger charge is 2.43. The summed E-state index contributed by atoms with van der Waals surface area (Å²) in [5, 5.41) is 0. The Morgan fingerprint density at radius 1 is 1.10 bits per heavy atom. The van der Waals surface area contributed by atoms with E-state index < -0.39 is 35.6 Å². The molecule has 1 heterocycles. The molecule has 0 aromatic heterocycles. The topological polar surface area (TPSA) is 91.3 Å². The molecule has 2 unspecified atom stereocenters. The van der Waals surface area contributed by atoms with Crippen molar-refractivity contribution in [1.82, 2.24) is 0 Å². The number of carbonyl (C=O) groups excluding carboxylic acids is 3. The number of nitrogens with zero attached hydrogens (tertiary/aromatic N) is 1. The smallest absolute Gasteiger partial charge is 0.336 e. The van der Waals surface area contributed by atoms with Gasteiger partial charge in [-0.1, -0.05) is 12.1 Å². The number of aliphatic imine (C=N–C) groups is 1. The van der Waals surface area contributed by atoms with Crippen LogP contribution in [0.25, 0.3) is 0 Å². The van der Waals surface area contributed by atoms with Gasteiger partial charge in [-0.25, -0.2) is 9.18 Å². The molecule has 0 amide bonds. The van der Waals surface area contributed by atoms with Crippen molar-refractivity contribution in [2.45, 2.75) is 33.6 Å². The number of benzene rings is 1. The highest BCUT2D eigenvalue weighted by Crippen LogP contribution is 2.40. The van der Waals surface area contributed by atoms with Crippen molar-refractivity contribution in [3.63, 3.8) is 0 Å². The number of rotatable bonds is 7. The van der Waals surface area contributed by atoms with Crippen LogP contribution in [0.3, 0.4) is 0 Å². The number of ether oxygens (including phenoxy) is 3. The minimum Gasteiger partial charge on any atom is -0.465 e. The van der Waals surface area contributed by atoms with E-state index in [1.165, 1.54) is 25.1 Å². The third-order valence-corrected chi connectivity index (χ3v) is 4.37. The van der Waals surface area contributed by atoms with Crippen LogP contribution in [0.2, 0.25) is 0 Å². The molecule has 0 N–H and O–H groups in total. The summed E-state index contributed by atoms with van der Waals surface area (Å²) in [5.74, 6) is -4.21. The van der Waals surface area contributed by atoms with E-state index in [0.717, 1.165) is 0 Å². The van der Waals surface area contributed by atoms with Gasteiger partial charge >= 0.3 is 17.9 Å². The van der Waals surface area contributed by atoms with Gasteiger partial charge < -0.3 is 14.2 Å². The fourth-order valence-corrected chi connectivity index (χ4v) is 3.26. The van der Waals surface area contributed by atoms with Gasteiger partial charge in [0.05, 0.1) is 24.5 Å². The van der Waals surface area contributed by atoms with Crippen molar-refractivity contribution in [3.05, 3.63) is 46.9 Å². The molecule has 2 atom stereocenters. The minimum absolute atomic E-state index is 0.0438. The highest BCUT2D eigenvalue weighted by atomic mass is 19.1. The fraction of sp³-hybridized carbons (Fsp3) is 0.429. The SMILES string of the molecule is CCOC(=O)C1=C(COC(C)=O)N=C(C)C(C(=O)OCC)C1c1cccc(F)c1. The Morgan fingerprint density at radius 3 is 2.38 bits per heavy atom. The lowest BCUT2D eigenvalue weighted by atomic mass is 9.75. The molecule has 0 spiro atoms. The number of carbonyl (C=O) groups is 3. The Bertz CT molecular complexity index is 860. The van der Waals surface area contributed by atoms with Gasteiger partial charge in [0.1, 0.15) is 18.3 Å². The lowest BCUT2D eigenvalue weighted by molar-refractivity contribution is -0.146. The van der Waals surface area contributed by atoms with Crippen LogP contribution < -0.4 is 0 Å². The van der Waals surface area contributed by atoms with Crippen LogP contribution in [0.1, 0.15) is 39.2 Å². The Balaban J connectivity index is 2.69. The van der Waals surface area contributed by atoms with Crippen molar-refractivity contribution < 1.29 is 33.0 Å². The zero-order valence-corrected chi connectivity index (χ0v) is 16.9. The van der Waals surface area contributed by atoms with E-state index in [-0.39, 0.29) is 31.1 Å². The van der Waals surface area contributed by atoms with Gasteiger partial charge in [0.15, 0.2) is 0 Å². The lowest BCUT2D eigenvalue weighted by Crippen LogP contribution is -2.37. The highest BCUT2D eigenvalue weighted by molar-refractivity contribution is 6.07. The molecule has 0 radical (unpaired) electrons. The van der Waals surface area contributed by atoms with Crippen LogP contribution in [0.5, 0.6) is 0 Å². The molecule has 0 aliphatic carbocycles. The summed E-state index contributed by atoms with van der Waals surface area (Å²) in [5.41, 5.74) is 0.960. The Kier molecular flexibility index (Phi) is 7.64. The van der Waals surface area contributed by atoms with Gasteiger partial charge in [-0.15, -0.1) is 0 Å². The van der Waals surface area contributed by atoms with Crippen LogP contribution in [0, 0.1) is 11.7 Å². The summed E-state index contributed by atoms with van der Waals surface area (Å²) >= 11 is 0. The monoisotopic (exact) mass is 405 g/mol. The molecular weight excluding hydrogens is 381 g/mol. The Morgan fingerprint density at radius 2 is 1.79 bits per heavy atom. The molecule has 1 aromatic rings. The molecule has 2 rings (SSSR count).